The van der Waals surface area contributed by atoms with Gasteiger partial charge in [0, 0.05) is 5.30 Å². The molecule has 4 nitrogen and oxygen atoms in total. The molecule has 0 heterocycles. The molecule has 0 aliphatic heterocycles. The number of ether oxygens (including phenoxy) is 1. The molecular weight excluding hydrogens is 273 g/mol. The molecule has 100 valence electrons. The van der Waals surface area contributed by atoms with Crippen molar-refractivity contribution < 1.29 is 14.1 Å². The zero-order valence-electron chi connectivity index (χ0n) is 10.4. The summed E-state index contributed by atoms with van der Waals surface area (Å²) < 4.78 is 17.5. The van der Waals surface area contributed by atoms with Gasteiger partial charge in [-0.15, -0.1) is 11.6 Å². The van der Waals surface area contributed by atoms with Crippen molar-refractivity contribution in [2.24, 2.45) is 0 Å². The molecule has 0 aromatic heterocycles. The smallest absolute Gasteiger partial charge is 0.323 e. The summed E-state index contributed by atoms with van der Waals surface area (Å²) >= 11 is 5.79. The Kier molecular flexibility index (Phi) is 5.86. The molecule has 1 aromatic rings. The average molecular weight is 290 g/mol. The standard InChI is InChI=1S/C12H17ClNO3P/c1-3-17-12(15)10(2)14-18(16,9-13)11-7-5-4-6-8-11/h4-8,10H,3,9H2,1-2H3,(H,14,16). The SMILES string of the molecule is CCOC(=O)C(C)NP(=O)(CCl)c1ccccc1. The number of benzene rings is 1. The van der Waals surface area contributed by atoms with Crippen molar-refractivity contribution in [2.75, 3.05) is 12.2 Å². The first kappa shape index (κ1) is 15.2. The van der Waals surface area contributed by atoms with Gasteiger partial charge in [-0.2, -0.15) is 0 Å². The molecule has 2 atom stereocenters. The lowest BCUT2D eigenvalue weighted by Gasteiger charge is -2.21. The van der Waals surface area contributed by atoms with Crippen LogP contribution in [0.15, 0.2) is 30.3 Å². The van der Waals surface area contributed by atoms with Gasteiger partial charge in [0.2, 0.25) is 0 Å². The molecule has 6 heteroatoms. The third kappa shape index (κ3) is 3.84. The lowest BCUT2D eigenvalue weighted by molar-refractivity contribution is -0.144. The Morgan fingerprint density at radius 2 is 2.06 bits per heavy atom. The van der Waals surface area contributed by atoms with E-state index in [-0.39, 0.29) is 5.62 Å². The first-order valence-electron chi connectivity index (χ1n) is 5.68. The predicted octanol–water partition coefficient (Wildman–Crippen LogP) is 2.33. The van der Waals surface area contributed by atoms with Crippen molar-refractivity contribution in [3.8, 4) is 0 Å². The van der Waals surface area contributed by atoms with Crippen LogP contribution in [0.25, 0.3) is 0 Å². The van der Waals surface area contributed by atoms with Crippen LogP contribution >= 0.6 is 18.9 Å². The Balaban J connectivity index is 2.84. The number of halogens is 1. The van der Waals surface area contributed by atoms with Gasteiger partial charge in [-0.1, -0.05) is 30.3 Å². The molecule has 0 fully saturated rings. The Labute approximate surface area is 112 Å². The number of rotatable bonds is 6. The van der Waals surface area contributed by atoms with Crippen LogP contribution in [0.4, 0.5) is 0 Å². The molecule has 0 saturated carbocycles. The van der Waals surface area contributed by atoms with Crippen LogP contribution < -0.4 is 10.4 Å². The summed E-state index contributed by atoms with van der Waals surface area (Å²) in [5.74, 6) is -0.432. The molecule has 0 aliphatic rings. The van der Waals surface area contributed by atoms with E-state index >= 15 is 0 Å². The van der Waals surface area contributed by atoms with E-state index in [9.17, 15) is 9.36 Å². The number of hydrogen-bond acceptors (Lipinski definition) is 3. The van der Waals surface area contributed by atoms with Crippen molar-refractivity contribution in [1.29, 1.82) is 0 Å². The predicted molar refractivity (Wildman–Crippen MR) is 73.6 cm³/mol. The fraction of sp³-hybridized carbons (Fsp3) is 0.417. The molecule has 1 N–H and O–H groups in total. The average Bonchev–Trinajstić information content (AvgIpc) is 2.39. The lowest BCUT2D eigenvalue weighted by Crippen LogP contribution is -2.36. The molecule has 18 heavy (non-hydrogen) atoms. The third-order valence-electron chi connectivity index (χ3n) is 2.38. The zero-order chi connectivity index (χ0) is 13.6. The topological polar surface area (TPSA) is 55.4 Å². The minimum Gasteiger partial charge on any atom is -0.465 e. The summed E-state index contributed by atoms with van der Waals surface area (Å²) in [4.78, 5) is 11.5. The second kappa shape index (κ2) is 6.93. The van der Waals surface area contributed by atoms with Crippen LogP contribution in [0.5, 0.6) is 0 Å². The first-order valence-corrected chi connectivity index (χ1v) is 8.11. The van der Waals surface area contributed by atoms with Gasteiger partial charge < -0.3 is 9.30 Å². The second-order valence-electron chi connectivity index (χ2n) is 3.80. The van der Waals surface area contributed by atoms with Crippen molar-refractivity contribution in [2.45, 2.75) is 19.9 Å². The maximum atomic E-state index is 12.7. The second-order valence-corrected chi connectivity index (χ2v) is 7.01. The molecule has 2 unspecified atom stereocenters. The largest absolute Gasteiger partial charge is 0.465 e. The highest BCUT2D eigenvalue weighted by Gasteiger charge is 2.28. The van der Waals surface area contributed by atoms with Gasteiger partial charge in [0.15, 0.2) is 7.29 Å². The monoisotopic (exact) mass is 289 g/mol. The van der Waals surface area contributed by atoms with E-state index in [4.69, 9.17) is 16.3 Å². The highest BCUT2D eigenvalue weighted by molar-refractivity contribution is 7.71. The molecule has 0 aliphatic carbocycles. The van der Waals surface area contributed by atoms with Gasteiger partial charge >= 0.3 is 5.97 Å². The summed E-state index contributed by atoms with van der Waals surface area (Å²) in [6.07, 6.45) is 0. The van der Waals surface area contributed by atoms with E-state index in [1.54, 1.807) is 38.1 Å². The van der Waals surface area contributed by atoms with E-state index in [1.165, 1.54) is 0 Å². The lowest BCUT2D eigenvalue weighted by atomic mass is 10.4. The fourth-order valence-corrected chi connectivity index (χ4v) is 3.84. The van der Waals surface area contributed by atoms with Crippen LogP contribution in [-0.4, -0.2) is 24.2 Å². The quantitative estimate of drug-likeness (QED) is 0.496. The van der Waals surface area contributed by atoms with Crippen LogP contribution in [0.2, 0.25) is 0 Å². The molecule has 1 rings (SSSR count). The molecular formula is C12H17ClNO3P. The van der Waals surface area contributed by atoms with Gasteiger partial charge in [-0.3, -0.25) is 4.79 Å². The van der Waals surface area contributed by atoms with E-state index in [1.807, 2.05) is 6.07 Å². The normalized spacial score (nSPS) is 15.7. The number of carbonyl (C=O) groups is 1. The molecule has 0 radical (unpaired) electrons. The van der Waals surface area contributed by atoms with Crippen molar-refractivity contribution in [3.05, 3.63) is 30.3 Å². The number of nitrogens with one attached hydrogen (secondary N) is 1. The van der Waals surface area contributed by atoms with Crippen LogP contribution in [0, 0.1) is 0 Å². The highest BCUT2D eigenvalue weighted by Crippen LogP contribution is 2.41. The Morgan fingerprint density at radius 3 is 2.56 bits per heavy atom. The van der Waals surface area contributed by atoms with Crippen molar-refractivity contribution in [1.82, 2.24) is 5.09 Å². The Hall–Kier alpha value is -0.830. The maximum Gasteiger partial charge on any atom is 0.323 e. The summed E-state index contributed by atoms with van der Waals surface area (Å²) in [5.41, 5.74) is -0.0687. The Morgan fingerprint density at radius 1 is 1.44 bits per heavy atom. The molecule has 0 saturated heterocycles. The van der Waals surface area contributed by atoms with E-state index in [0.29, 0.717) is 11.9 Å². The number of esters is 1. The van der Waals surface area contributed by atoms with Gasteiger partial charge in [0.05, 0.1) is 12.2 Å². The van der Waals surface area contributed by atoms with Gasteiger partial charge in [0.25, 0.3) is 0 Å². The van der Waals surface area contributed by atoms with E-state index < -0.39 is 19.3 Å². The molecule has 0 bridgehead atoms. The van der Waals surface area contributed by atoms with Crippen LogP contribution in [0.3, 0.4) is 0 Å². The van der Waals surface area contributed by atoms with E-state index in [2.05, 4.69) is 5.09 Å². The van der Waals surface area contributed by atoms with E-state index in [0.717, 1.165) is 0 Å². The number of alkyl halides is 1. The third-order valence-corrected chi connectivity index (χ3v) is 5.67. The summed E-state index contributed by atoms with van der Waals surface area (Å²) in [6, 6.07) is 8.20. The summed E-state index contributed by atoms with van der Waals surface area (Å²) in [5, 5.41) is 3.40. The molecule has 0 spiro atoms. The zero-order valence-corrected chi connectivity index (χ0v) is 12.1. The highest BCUT2D eigenvalue weighted by atomic mass is 35.5. The number of carbonyl (C=O) groups excluding carboxylic acids is 1. The van der Waals surface area contributed by atoms with Crippen molar-refractivity contribution in [3.63, 3.8) is 0 Å². The van der Waals surface area contributed by atoms with Gasteiger partial charge in [-0.05, 0) is 13.8 Å². The number of hydrogen-bond donors (Lipinski definition) is 1. The minimum absolute atomic E-state index is 0.0687. The maximum absolute atomic E-state index is 12.7. The summed E-state index contributed by atoms with van der Waals surface area (Å²) in [7, 11) is -2.97. The molecule has 1 aromatic carbocycles. The van der Waals surface area contributed by atoms with Crippen molar-refractivity contribution >= 4 is 30.2 Å². The Bertz CT molecular complexity index is 438. The minimum atomic E-state index is -2.97. The van der Waals surface area contributed by atoms with Gasteiger partial charge in [-0.25, -0.2) is 5.09 Å². The fourth-order valence-electron chi connectivity index (χ4n) is 1.48. The van der Waals surface area contributed by atoms with Crippen LogP contribution in [0.1, 0.15) is 13.8 Å². The first-order chi connectivity index (χ1) is 8.53. The molecule has 0 amide bonds. The summed E-state index contributed by atoms with van der Waals surface area (Å²) in [6.45, 7) is 3.63. The van der Waals surface area contributed by atoms with Crippen LogP contribution in [-0.2, 0) is 14.1 Å². The van der Waals surface area contributed by atoms with Gasteiger partial charge in [0.1, 0.15) is 6.04 Å².